The molecule has 9 aromatic rings. The van der Waals surface area contributed by atoms with Gasteiger partial charge in [0.15, 0.2) is 29.1 Å². The molecule has 9 rings (SSSR count). The summed E-state index contributed by atoms with van der Waals surface area (Å²) < 4.78 is 0. The van der Waals surface area contributed by atoms with Gasteiger partial charge in [-0.15, -0.1) is 11.6 Å². The van der Waals surface area contributed by atoms with Gasteiger partial charge in [0.2, 0.25) is 5.91 Å². The first-order chi connectivity index (χ1) is 49.0. The minimum absolute atomic E-state index is 0.00587. The summed E-state index contributed by atoms with van der Waals surface area (Å²) in [6, 6.07) is 31.4. The highest BCUT2D eigenvalue weighted by atomic mass is 35.5. The molecule has 0 radical (unpaired) electrons. The molecule has 105 heavy (non-hydrogen) atoms. The number of nitro groups is 2. The van der Waals surface area contributed by atoms with Crippen LogP contribution in [-0.2, 0) is 38.3 Å². The Morgan fingerprint density at radius 1 is 0.448 bits per heavy atom. The first kappa shape index (κ1) is 85.6. The van der Waals surface area contributed by atoms with Crippen LogP contribution in [0.25, 0.3) is 0 Å². The number of nitrogens with zero attached hydrogens (tertiary/aromatic N) is 7. The predicted molar refractivity (Wildman–Crippen MR) is 418 cm³/mol. The van der Waals surface area contributed by atoms with E-state index < -0.39 is 15.8 Å². The maximum Gasteiger partial charge on any atom is 0.270 e. The second-order valence-corrected chi connectivity index (χ2v) is 31.4. The average Bonchev–Trinajstić information content (AvgIpc) is 1.76. The molecule has 5 heterocycles. The number of hydrogen-bond donors (Lipinski definition) is 10. The molecule has 0 saturated heterocycles. The first-order valence-corrected chi connectivity index (χ1v) is 35.7. The fourth-order valence-electron chi connectivity index (χ4n) is 9.31. The Hall–Kier alpha value is -10.1. The maximum atomic E-state index is 12.5. The lowest BCUT2D eigenvalue weighted by atomic mass is 9.92. The van der Waals surface area contributed by atoms with E-state index in [0.717, 1.165) is 40.5 Å². The number of aromatic nitrogens is 10. The van der Waals surface area contributed by atoms with Gasteiger partial charge in [-0.05, 0) is 67.8 Å². The average molecular weight is 1500 g/mol. The number of amides is 5. The van der Waals surface area contributed by atoms with Crippen LogP contribution in [0.1, 0.15) is 237 Å². The number of rotatable bonds is 20. The van der Waals surface area contributed by atoms with E-state index in [1.807, 2.05) is 132 Å². The zero-order valence-corrected chi connectivity index (χ0v) is 65.4. The lowest BCUT2D eigenvalue weighted by Crippen LogP contribution is -2.21. The molecule has 26 nitrogen and oxygen atoms in total. The SMILES string of the molecule is CC(C)(C)c1cc(NC(=O)c2ccc([N+](=O)[O-])cc2)n[nH]1.CC(C)(C)c1cc(NC(=O)c2cccc([N+](=O)[O-])c2)n[nH]1.CC(CCl)C(=O)Nc1cc(C(C)(C)C)[nH]n1.CCCCCCCCc1ccc(C(=O)Nc2n[nH]c(C(C)(C)C)c2Cl)cc1.Cc1ccc(C(=O)Nc2n[nH]c(C(C)(C)C)c2Cl)cc1. The Labute approximate surface area is 628 Å². The van der Waals surface area contributed by atoms with Gasteiger partial charge in [-0.25, -0.2) is 0 Å². The molecule has 1 unspecified atom stereocenters. The molecule has 0 fully saturated rings. The largest absolute Gasteiger partial charge is 0.309 e. The van der Waals surface area contributed by atoms with E-state index in [-0.39, 0.29) is 73.6 Å². The molecule has 5 aromatic heterocycles. The van der Waals surface area contributed by atoms with Crippen LogP contribution < -0.4 is 26.6 Å². The van der Waals surface area contributed by atoms with E-state index in [2.05, 4.69) is 105 Å². The summed E-state index contributed by atoms with van der Waals surface area (Å²) in [6.45, 7) is 36.6. The van der Waals surface area contributed by atoms with Gasteiger partial charge in [0.05, 0.1) is 21.2 Å². The third-order valence-corrected chi connectivity index (χ3v) is 17.2. The maximum absolute atomic E-state index is 12.5. The minimum atomic E-state index is -0.539. The van der Waals surface area contributed by atoms with Crippen molar-refractivity contribution in [2.75, 3.05) is 32.5 Å². The van der Waals surface area contributed by atoms with Crippen molar-refractivity contribution >= 4 is 105 Å². The van der Waals surface area contributed by atoms with Crippen molar-refractivity contribution in [2.24, 2.45) is 5.92 Å². The Balaban J connectivity index is 0.000000238. The number of hydrogen-bond acceptors (Lipinski definition) is 14. The van der Waals surface area contributed by atoms with Crippen LogP contribution >= 0.6 is 34.8 Å². The van der Waals surface area contributed by atoms with Crippen molar-refractivity contribution in [1.29, 1.82) is 0 Å². The zero-order valence-electron chi connectivity index (χ0n) is 63.1. The number of nitro benzene ring substituents is 2. The minimum Gasteiger partial charge on any atom is -0.309 e. The quantitative estimate of drug-likeness (QED) is 0.0147. The fraction of sp³-hybridized carbons (Fsp3) is 0.421. The second-order valence-electron chi connectivity index (χ2n) is 30.3. The first-order valence-electron chi connectivity index (χ1n) is 34.4. The second kappa shape index (κ2) is 38.1. The Morgan fingerprint density at radius 3 is 1.19 bits per heavy atom. The molecular formula is C76H100Cl3N17O9. The van der Waals surface area contributed by atoms with Crippen molar-refractivity contribution in [1.82, 2.24) is 51.0 Å². The number of halogens is 3. The van der Waals surface area contributed by atoms with Crippen LogP contribution in [0, 0.1) is 33.1 Å². The number of benzene rings is 4. The van der Waals surface area contributed by atoms with Crippen LogP contribution in [0.3, 0.4) is 0 Å². The van der Waals surface area contributed by atoms with Gasteiger partial charge in [-0.3, -0.25) is 69.7 Å². The molecule has 0 aliphatic rings. The summed E-state index contributed by atoms with van der Waals surface area (Å²) >= 11 is 18.2. The molecule has 10 N–H and O–H groups in total. The zero-order chi connectivity index (χ0) is 78.4. The molecular weight excluding hydrogens is 1400 g/mol. The topological polar surface area (TPSA) is 375 Å². The van der Waals surface area contributed by atoms with Crippen LogP contribution in [0.2, 0.25) is 10.0 Å². The lowest BCUT2D eigenvalue weighted by Gasteiger charge is -2.16. The van der Waals surface area contributed by atoms with Gasteiger partial charge in [0.25, 0.3) is 35.0 Å². The van der Waals surface area contributed by atoms with Gasteiger partial charge in [0.1, 0.15) is 10.0 Å². The van der Waals surface area contributed by atoms with Gasteiger partial charge < -0.3 is 26.6 Å². The van der Waals surface area contributed by atoms with Crippen molar-refractivity contribution in [3.8, 4) is 0 Å². The lowest BCUT2D eigenvalue weighted by molar-refractivity contribution is -0.385. The molecule has 5 amide bonds. The summed E-state index contributed by atoms with van der Waals surface area (Å²) in [5.41, 5.74) is 7.80. The summed E-state index contributed by atoms with van der Waals surface area (Å²) in [7, 11) is 0. The number of alkyl halides is 1. The summed E-state index contributed by atoms with van der Waals surface area (Å²) in [6.07, 6.45) is 8.81. The van der Waals surface area contributed by atoms with Gasteiger partial charge >= 0.3 is 0 Å². The van der Waals surface area contributed by atoms with E-state index in [1.165, 1.54) is 92.6 Å². The number of carbonyl (C=O) groups excluding carboxylic acids is 5. The summed E-state index contributed by atoms with van der Waals surface area (Å²) in [4.78, 5) is 80.4. The number of aryl methyl sites for hydroxylation is 2. The number of non-ortho nitro benzene ring substituents is 2. The van der Waals surface area contributed by atoms with Gasteiger partial charge in [0, 0.05) is 121 Å². The summed E-state index contributed by atoms with van der Waals surface area (Å²) in [5, 5.41) is 70.4. The fourth-order valence-corrected chi connectivity index (χ4v) is 10.3. The molecule has 0 spiro atoms. The molecule has 0 saturated carbocycles. The Morgan fingerprint density at radius 2 is 0.819 bits per heavy atom. The van der Waals surface area contributed by atoms with Crippen LogP contribution in [0.15, 0.2) is 115 Å². The molecule has 4 aromatic carbocycles. The standard InChI is InChI=1S/C22H32ClN3O.C15H18ClN3O.2C14H16N4O3.C11H18ClN3O/c1-5-6-7-8-9-10-11-16-12-14-17(15-13-16)21(27)24-20-18(23)19(25-26-20)22(2,3)4;1-9-5-7-10(8-6-9)14(20)17-13-11(16)12(18-19-13)15(2,3)4;1-14(2,3)11-8-12(17-16-11)15-13(19)9-4-6-10(7-5-9)18(20)21;1-14(2,3)11-8-12(17-16-11)15-13(19)9-5-4-6-10(7-9)18(20)21;1-7(6-12)10(16)13-9-5-8(14-15-9)11(2,3)4/h12-15H,5-11H2,1-4H3,(H2,24,25,26,27);5-8H,1-4H3,(H2,17,18,19,20);2*4-8H,1-3H3,(H2,15,16,17,19);5,7H,6H2,1-4H3,(H2,13,14,15,16). The molecule has 0 bridgehead atoms. The van der Waals surface area contributed by atoms with E-state index in [0.29, 0.717) is 61.7 Å². The van der Waals surface area contributed by atoms with Gasteiger partial charge in [-0.2, -0.15) is 25.5 Å². The van der Waals surface area contributed by atoms with Crippen molar-refractivity contribution in [3.05, 3.63) is 207 Å². The van der Waals surface area contributed by atoms with E-state index >= 15 is 0 Å². The smallest absolute Gasteiger partial charge is 0.270 e. The number of nitrogens with one attached hydrogen (secondary N) is 10. The highest BCUT2D eigenvalue weighted by Crippen LogP contribution is 2.35. The van der Waals surface area contributed by atoms with E-state index in [4.69, 9.17) is 34.8 Å². The van der Waals surface area contributed by atoms with Crippen LogP contribution in [-0.4, -0.2) is 96.2 Å². The molecule has 0 aliphatic carbocycles. The highest BCUT2D eigenvalue weighted by Gasteiger charge is 2.27. The molecule has 1 atom stereocenters. The Kier molecular flexibility index (Phi) is 31.1. The third-order valence-electron chi connectivity index (χ3n) is 16.0. The normalized spacial score (nSPS) is 11.7. The monoisotopic (exact) mass is 1500 g/mol. The number of carbonyl (C=O) groups is 5. The third kappa shape index (κ3) is 27.2. The predicted octanol–water partition coefficient (Wildman–Crippen LogP) is 18.7. The molecule has 0 aliphatic heterocycles. The number of aromatic amines is 5. The van der Waals surface area contributed by atoms with Crippen molar-refractivity contribution in [2.45, 2.75) is 197 Å². The van der Waals surface area contributed by atoms with Crippen molar-refractivity contribution < 1.29 is 33.8 Å². The molecule has 29 heteroatoms. The van der Waals surface area contributed by atoms with Gasteiger partial charge in [-0.1, -0.05) is 209 Å². The number of anilines is 5. The Bertz CT molecular complexity index is 4350. The highest BCUT2D eigenvalue weighted by molar-refractivity contribution is 6.35. The number of unbranched alkanes of at least 4 members (excludes halogenated alkanes) is 5. The van der Waals surface area contributed by atoms with E-state index in [9.17, 15) is 44.2 Å². The van der Waals surface area contributed by atoms with Crippen molar-refractivity contribution in [3.63, 3.8) is 0 Å². The molecule has 564 valence electrons. The van der Waals surface area contributed by atoms with Crippen LogP contribution in [0.4, 0.5) is 40.5 Å². The summed E-state index contributed by atoms with van der Waals surface area (Å²) in [5.74, 6) is 0.855. The van der Waals surface area contributed by atoms with Crippen LogP contribution in [0.5, 0.6) is 0 Å². The number of H-pyrrole nitrogens is 5. The van der Waals surface area contributed by atoms with E-state index in [1.54, 1.807) is 31.2 Å².